The minimum absolute atomic E-state index is 0.291. The van der Waals surface area contributed by atoms with Gasteiger partial charge in [0.1, 0.15) is 6.10 Å². The van der Waals surface area contributed by atoms with Gasteiger partial charge in [-0.05, 0) is 46.9 Å². The maximum atomic E-state index is 13.3. The highest BCUT2D eigenvalue weighted by Gasteiger charge is 2.32. The Balaban J connectivity index is 1.36. The van der Waals surface area contributed by atoms with E-state index in [-0.39, 0.29) is 0 Å². The third-order valence-electron chi connectivity index (χ3n) is 6.83. The molecule has 1 aliphatic rings. The van der Waals surface area contributed by atoms with Crippen molar-refractivity contribution < 1.29 is 26.3 Å². The van der Waals surface area contributed by atoms with Crippen molar-refractivity contribution in [2.75, 3.05) is 39.3 Å². The summed E-state index contributed by atoms with van der Waals surface area (Å²) in [7, 11) is -3.57. The van der Waals surface area contributed by atoms with Crippen LogP contribution < -0.4 is 0 Å². The van der Waals surface area contributed by atoms with E-state index in [9.17, 15) is 21.6 Å². The van der Waals surface area contributed by atoms with Gasteiger partial charge >= 0.3 is 6.18 Å². The Morgan fingerprint density at radius 1 is 0.816 bits per heavy atom. The molecule has 0 aromatic heterocycles. The van der Waals surface area contributed by atoms with E-state index in [4.69, 9.17) is 4.74 Å². The first kappa shape index (κ1) is 28.3. The first-order chi connectivity index (χ1) is 18.1. The Bertz CT molecular complexity index is 1290. The van der Waals surface area contributed by atoms with Crippen LogP contribution in [0.3, 0.4) is 0 Å². The number of nitrogens with zero attached hydrogens (tertiary/aromatic N) is 2. The highest BCUT2D eigenvalue weighted by Crippen LogP contribution is 2.33. The van der Waals surface area contributed by atoms with Crippen LogP contribution in [-0.4, -0.2) is 57.0 Å². The molecule has 3 aromatic rings. The number of halogens is 3. The van der Waals surface area contributed by atoms with Crippen molar-refractivity contribution in [2.45, 2.75) is 36.9 Å². The molecular weight excluding hydrogens is 513 g/mol. The summed E-state index contributed by atoms with van der Waals surface area (Å²) in [4.78, 5) is 2.41. The Morgan fingerprint density at radius 3 is 2.05 bits per heavy atom. The summed E-state index contributed by atoms with van der Waals surface area (Å²) in [6.45, 7) is 6.78. The van der Waals surface area contributed by atoms with Gasteiger partial charge < -0.3 is 4.74 Å². The zero-order valence-corrected chi connectivity index (χ0v) is 22.4. The topological polar surface area (TPSA) is 49.9 Å². The molecule has 0 saturated carbocycles. The molecule has 1 atom stereocenters. The molecule has 0 radical (unpaired) electrons. The first-order valence-electron chi connectivity index (χ1n) is 12.7. The Kier molecular flexibility index (Phi) is 8.92. The number of rotatable bonds is 9. The summed E-state index contributed by atoms with van der Waals surface area (Å²) in [6, 6.07) is 21.5. The minimum Gasteiger partial charge on any atom is -0.367 e. The molecule has 0 aliphatic carbocycles. The molecule has 5 nitrogen and oxygen atoms in total. The van der Waals surface area contributed by atoms with E-state index in [1.807, 2.05) is 42.5 Å². The van der Waals surface area contributed by atoms with E-state index in [0.29, 0.717) is 55.7 Å². The number of hydrogen-bond donors (Lipinski definition) is 0. The molecule has 0 amide bonds. The number of sulfonamides is 1. The van der Waals surface area contributed by atoms with Gasteiger partial charge in [-0.25, -0.2) is 8.42 Å². The molecule has 4 rings (SSSR count). The number of benzene rings is 3. The van der Waals surface area contributed by atoms with Crippen LogP contribution in [0.2, 0.25) is 0 Å². The smallest absolute Gasteiger partial charge is 0.367 e. The second-order valence-electron chi connectivity index (χ2n) is 9.75. The molecular formula is C29H33F3N2O3S. The Morgan fingerprint density at radius 2 is 1.45 bits per heavy atom. The number of ether oxygens (including phenoxy) is 1. The minimum atomic E-state index is -4.44. The summed E-state index contributed by atoms with van der Waals surface area (Å²) >= 11 is 0. The van der Waals surface area contributed by atoms with Gasteiger partial charge in [-0.1, -0.05) is 68.4 Å². The monoisotopic (exact) mass is 546 g/mol. The van der Waals surface area contributed by atoms with Crippen molar-refractivity contribution in [3.05, 3.63) is 101 Å². The largest absolute Gasteiger partial charge is 0.416 e. The van der Waals surface area contributed by atoms with Crippen LogP contribution in [-0.2, 0) is 20.9 Å². The summed E-state index contributed by atoms with van der Waals surface area (Å²) in [5.74, 6) is 0.326. The van der Waals surface area contributed by atoms with Crippen LogP contribution in [0, 0.1) is 0 Å². The molecule has 0 N–H and O–H groups in total. The zero-order valence-electron chi connectivity index (χ0n) is 21.6. The number of piperazine rings is 1. The molecule has 1 fully saturated rings. The summed E-state index contributed by atoms with van der Waals surface area (Å²) in [5.41, 5.74) is 1.58. The molecule has 0 spiro atoms. The molecule has 1 saturated heterocycles. The molecule has 204 valence electrons. The summed E-state index contributed by atoms with van der Waals surface area (Å²) in [6.07, 6.45) is -5.08. The number of alkyl halides is 3. The molecule has 3 aromatic carbocycles. The van der Waals surface area contributed by atoms with Crippen LogP contribution in [0.5, 0.6) is 0 Å². The van der Waals surface area contributed by atoms with Crippen molar-refractivity contribution in [3.8, 4) is 0 Å². The summed E-state index contributed by atoms with van der Waals surface area (Å²) in [5, 5.41) is 0. The average Bonchev–Trinajstić information content (AvgIpc) is 2.91. The molecule has 1 heterocycles. The molecule has 38 heavy (non-hydrogen) atoms. The Hall–Kier alpha value is -2.72. The maximum absolute atomic E-state index is 13.3. The SMILES string of the molecule is CC(C)c1ccc(S(=O)(=O)N2CCN(CCO[C@@H](c3ccccc3)c3cccc(C(F)(F)F)c3)CC2)cc1. The molecule has 0 unspecified atom stereocenters. The molecule has 9 heteroatoms. The lowest BCUT2D eigenvalue weighted by Crippen LogP contribution is -2.49. The number of hydrogen-bond acceptors (Lipinski definition) is 4. The first-order valence-corrected chi connectivity index (χ1v) is 14.2. The van der Waals surface area contributed by atoms with Gasteiger partial charge in [0.25, 0.3) is 0 Å². The van der Waals surface area contributed by atoms with E-state index >= 15 is 0 Å². The lowest BCUT2D eigenvalue weighted by atomic mass is 9.99. The highest BCUT2D eigenvalue weighted by molar-refractivity contribution is 7.89. The van der Waals surface area contributed by atoms with E-state index in [1.165, 1.54) is 10.4 Å². The van der Waals surface area contributed by atoms with E-state index in [1.54, 1.807) is 18.2 Å². The Labute approximate surface area is 222 Å². The van der Waals surface area contributed by atoms with Crippen molar-refractivity contribution in [1.82, 2.24) is 9.21 Å². The van der Waals surface area contributed by atoms with Gasteiger partial charge in [0, 0.05) is 32.7 Å². The average molecular weight is 547 g/mol. The lowest BCUT2D eigenvalue weighted by Gasteiger charge is -2.34. The van der Waals surface area contributed by atoms with Crippen LogP contribution in [0.15, 0.2) is 83.8 Å². The van der Waals surface area contributed by atoms with Gasteiger partial charge in [-0.3, -0.25) is 4.90 Å². The van der Waals surface area contributed by atoms with Crippen LogP contribution in [0.4, 0.5) is 13.2 Å². The fourth-order valence-corrected chi connectivity index (χ4v) is 5.98. The predicted octanol–water partition coefficient (Wildman–Crippen LogP) is 5.94. The van der Waals surface area contributed by atoms with Crippen molar-refractivity contribution in [3.63, 3.8) is 0 Å². The molecule has 1 aliphatic heterocycles. The van der Waals surface area contributed by atoms with Crippen LogP contribution >= 0.6 is 0 Å². The zero-order chi connectivity index (χ0) is 27.3. The van der Waals surface area contributed by atoms with Crippen molar-refractivity contribution in [1.29, 1.82) is 0 Å². The van der Waals surface area contributed by atoms with Crippen LogP contribution in [0.25, 0.3) is 0 Å². The van der Waals surface area contributed by atoms with Gasteiger partial charge in [0.2, 0.25) is 10.0 Å². The van der Waals surface area contributed by atoms with Crippen molar-refractivity contribution >= 4 is 10.0 Å². The fourth-order valence-electron chi connectivity index (χ4n) is 4.56. The summed E-state index contributed by atoms with van der Waals surface area (Å²) < 4.78 is 73.8. The van der Waals surface area contributed by atoms with Gasteiger partial charge in [-0.2, -0.15) is 17.5 Å². The standard InChI is InChI=1S/C29H33F3N2O3S/c1-22(2)23-11-13-27(14-12-23)38(35,36)34-17-15-33(16-18-34)19-20-37-28(24-7-4-3-5-8-24)25-9-6-10-26(21-25)29(30,31)32/h3-14,21-22,28H,15-20H2,1-2H3/t28-/m0/s1. The highest BCUT2D eigenvalue weighted by atomic mass is 32.2. The van der Waals surface area contributed by atoms with Gasteiger partial charge in [0.15, 0.2) is 0 Å². The maximum Gasteiger partial charge on any atom is 0.416 e. The van der Waals surface area contributed by atoms with Gasteiger partial charge in [-0.15, -0.1) is 0 Å². The third kappa shape index (κ3) is 6.83. The van der Waals surface area contributed by atoms with E-state index in [0.717, 1.165) is 23.3 Å². The quantitative estimate of drug-likeness (QED) is 0.333. The predicted molar refractivity (Wildman–Crippen MR) is 141 cm³/mol. The van der Waals surface area contributed by atoms with E-state index < -0.39 is 27.9 Å². The van der Waals surface area contributed by atoms with Crippen LogP contribution in [0.1, 0.15) is 48.1 Å². The normalized spacial score (nSPS) is 16.6. The van der Waals surface area contributed by atoms with Crippen molar-refractivity contribution in [2.24, 2.45) is 0 Å². The third-order valence-corrected chi connectivity index (χ3v) is 8.74. The molecule has 0 bridgehead atoms. The fraction of sp³-hybridized carbons (Fsp3) is 0.379. The second-order valence-corrected chi connectivity index (χ2v) is 11.7. The lowest BCUT2D eigenvalue weighted by molar-refractivity contribution is -0.137. The van der Waals surface area contributed by atoms with Gasteiger partial charge in [0.05, 0.1) is 17.1 Å². The second kappa shape index (κ2) is 12.0. The van der Waals surface area contributed by atoms with E-state index in [2.05, 4.69) is 18.7 Å².